The van der Waals surface area contributed by atoms with Gasteiger partial charge in [0.15, 0.2) is 11.8 Å². The van der Waals surface area contributed by atoms with Gasteiger partial charge in [-0.25, -0.2) is 0 Å². The molecule has 0 saturated carbocycles. The summed E-state index contributed by atoms with van der Waals surface area (Å²) >= 11 is 3.48. The van der Waals surface area contributed by atoms with Gasteiger partial charge in [-0.05, 0) is 44.0 Å². The lowest BCUT2D eigenvalue weighted by Gasteiger charge is -2.26. The van der Waals surface area contributed by atoms with Crippen LogP contribution in [0.5, 0.6) is 0 Å². The summed E-state index contributed by atoms with van der Waals surface area (Å²) in [6, 6.07) is 7.60. The van der Waals surface area contributed by atoms with Gasteiger partial charge in [-0.2, -0.15) is 4.98 Å². The van der Waals surface area contributed by atoms with Gasteiger partial charge in [0, 0.05) is 21.5 Å². The first-order chi connectivity index (χ1) is 11.3. The maximum atomic E-state index is 12.6. The third kappa shape index (κ3) is 2.82. The molecule has 4 nitrogen and oxygen atoms in total. The molecule has 124 valence electrons. The molecule has 0 amide bonds. The second kappa shape index (κ2) is 6.22. The summed E-state index contributed by atoms with van der Waals surface area (Å²) in [5, 5.41) is 1.09. The SMILES string of the molecule is CC1=C(C)C(=O)C([NH+](C)c2cc(C)c3ccc(Br)cc3n2)CC1=O. The Labute approximate surface area is 149 Å². The predicted octanol–water partition coefficient (Wildman–Crippen LogP) is 2.70. The van der Waals surface area contributed by atoms with Crippen molar-refractivity contribution in [3.05, 3.63) is 45.4 Å². The summed E-state index contributed by atoms with van der Waals surface area (Å²) in [7, 11) is 1.91. The fraction of sp³-hybridized carbons (Fsp3) is 0.316. The number of aromatic nitrogens is 1. The number of nitrogens with zero attached hydrogens (tertiary/aromatic N) is 1. The minimum absolute atomic E-state index is 0.0402. The maximum Gasteiger partial charge on any atom is 0.227 e. The van der Waals surface area contributed by atoms with Crippen LogP contribution in [0.25, 0.3) is 10.9 Å². The van der Waals surface area contributed by atoms with Crippen LogP contribution in [-0.4, -0.2) is 29.6 Å². The quantitative estimate of drug-likeness (QED) is 0.861. The van der Waals surface area contributed by atoms with Crippen molar-refractivity contribution in [3.8, 4) is 0 Å². The summed E-state index contributed by atoms with van der Waals surface area (Å²) < 4.78 is 0.968. The van der Waals surface area contributed by atoms with Gasteiger partial charge >= 0.3 is 0 Å². The maximum absolute atomic E-state index is 12.6. The summed E-state index contributed by atoms with van der Waals surface area (Å²) in [5.74, 6) is 0.881. The number of carbonyl (C=O) groups excluding carboxylic acids is 2. The van der Waals surface area contributed by atoms with Gasteiger partial charge in [0.2, 0.25) is 11.6 Å². The summed E-state index contributed by atoms with van der Waals surface area (Å²) in [6.45, 7) is 5.51. The van der Waals surface area contributed by atoms with Crippen LogP contribution in [0.3, 0.4) is 0 Å². The van der Waals surface area contributed by atoms with Gasteiger partial charge in [-0.1, -0.05) is 22.0 Å². The smallest absolute Gasteiger partial charge is 0.227 e. The van der Waals surface area contributed by atoms with Crippen molar-refractivity contribution < 1.29 is 14.5 Å². The van der Waals surface area contributed by atoms with Crippen molar-refractivity contribution in [2.75, 3.05) is 7.05 Å². The van der Waals surface area contributed by atoms with Crippen LogP contribution < -0.4 is 4.90 Å². The number of fused-ring (bicyclic) bond motifs is 1. The molecule has 0 bridgehead atoms. The minimum atomic E-state index is -0.405. The van der Waals surface area contributed by atoms with Crippen molar-refractivity contribution in [2.45, 2.75) is 33.2 Å². The second-order valence-corrected chi connectivity index (χ2v) is 7.38. The molecule has 1 aliphatic carbocycles. The molecule has 24 heavy (non-hydrogen) atoms. The van der Waals surface area contributed by atoms with E-state index >= 15 is 0 Å². The third-order valence-electron chi connectivity index (χ3n) is 4.96. The molecule has 1 aromatic heterocycles. The Balaban J connectivity index is 2.04. The summed E-state index contributed by atoms with van der Waals surface area (Å²) in [5.41, 5.74) is 3.17. The lowest BCUT2D eigenvalue weighted by molar-refractivity contribution is -0.830. The molecule has 2 aromatic rings. The standard InChI is InChI=1S/C19H19BrN2O2/c1-10-7-18(21-15-8-13(20)5-6-14(10)15)22(4)16-9-17(23)11(2)12(3)19(16)24/h5-8,16H,9H2,1-4H3/p+1. The van der Waals surface area contributed by atoms with Crippen LogP contribution in [-0.2, 0) is 9.59 Å². The number of halogens is 1. The van der Waals surface area contributed by atoms with Gasteiger partial charge in [0.1, 0.15) is 0 Å². The lowest BCUT2D eigenvalue weighted by atomic mass is 9.87. The number of likely N-dealkylation sites (N-methyl/N-ethyl adjacent to an activating group) is 1. The number of hydrogen-bond acceptors (Lipinski definition) is 3. The highest BCUT2D eigenvalue weighted by molar-refractivity contribution is 9.10. The van der Waals surface area contributed by atoms with E-state index in [9.17, 15) is 9.59 Å². The van der Waals surface area contributed by atoms with E-state index in [-0.39, 0.29) is 18.0 Å². The molecule has 3 rings (SSSR count). The molecule has 0 spiro atoms. The zero-order valence-electron chi connectivity index (χ0n) is 14.2. The van der Waals surface area contributed by atoms with Gasteiger partial charge in [0.25, 0.3) is 0 Å². The molecule has 0 fully saturated rings. The molecule has 2 atom stereocenters. The van der Waals surface area contributed by atoms with Crippen LogP contribution in [0.2, 0.25) is 0 Å². The Bertz CT molecular complexity index is 902. The monoisotopic (exact) mass is 387 g/mol. The van der Waals surface area contributed by atoms with Crippen molar-refractivity contribution in [1.29, 1.82) is 0 Å². The van der Waals surface area contributed by atoms with E-state index in [1.807, 2.05) is 38.2 Å². The number of rotatable bonds is 2. The fourth-order valence-electron chi connectivity index (χ4n) is 3.19. The lowest BCUT2D eigenvalue weighted by Crippen LogP contribution is -3.10. The first-order valence-electron chi connectivity index (χ1n) is 7.95. The van der Waals surface area contributed by atoms with Gasteiger partial charge in [-0.3, -0.25) is 14.5 Å². The second-order valence-electron chi connectivity index (χ2n) is 6.46. The molecule has 1 aromatic carbocycles. The number of hydrogen-bond donors (Lipinski definition) is 1. The summed E-state index contributed by atoms with van der Waals surface area (Å²) in [4.78, 5) is 30.4. The Morgan fingerprint density at radius 1 is 1.12 bits per heavy atom. The number of benzene rings is 1. The largest absolute Gasteiger partial charge is 0.294 e. The number of nitrogens with one attached hydrogen (secondary N) is 1. The van der Waals surface area contributed by atoms with E-state index in [2.05, 4.69) is 15.9 Å². The van der Waals surface area contributed by atoms with Crippen LogP contribution in [0, 0.1) is 6.92 Å². The zero-order chi connectivity index (χ0) is 17.6. The predicted molar refractivity (Wildman–Crippen MR) is 97.5 cm³/mol. The Hall–Kier alpha value is -1.85. The molecule has 2 unspecified atom stereocenters. The molecule has 1 heterocycles. The fourth-order valence-corrected chi connectivity index (χ4v) is 3.54. The van der Waals surface area contributed by atoms with Gasteiger partial charge in [-0.15, -0.1) is 0 Å². The van der Waals surface area contributed by atoms with E-state index in [1.165, 1.54) is 0 Å². The average molecular weight is 388 g/mol. The van der Waals surface area contributed by atoms with Crippen LogP contribution >= 0.6 is 15.9 Å². The molecular formula is C19H20BrN2O2+. The van der Waals surface area contributed by atoms with Crippen molar-refractivity contribution >= 4 is 44.2 Å². The molecule has 1 N–H and O–H groups in total. The minimum Gasteiger partial charge on any atom is -0.294 e. The Kier molecular flexibility index (Phi) is 4.40. The van der Waals surface area contributed by atoms with E-state index in [1.54, 1.807) is 13.8 Å². The average Bonchev–Trinajstić information content (AvgIpc) is 2.55. The number of quaternary nitrogens is 1. The van der Waals surface area contributed by atoms with Crippen LogP contribution in [0.15, 0.2) is 39.9 Å². The van der Waals surface area contributed by atoms with Gasteiger partial charge in [0.05, 0.1) is 19.0 Å². The van der Waals surface area contributed by atoms with Crippen molar-refractivity contribution in [1.82, 2.24) is 4.98 Å². The Morgan fingerprint density at radius 3 is 2.54 bits per heavy atom. The third-order valence-corrected chi connectivity index (χ3v) is 5.46. The highest BCUT2D eigenvalue weighted by Crippen LogP contribution is 2.23. The van der Waals surface area contributed by atoms with E-state index in [0.29, 0.717) is 11.1 Å². The molecular weight excluding hydrogens is 368 g/mol. The van der Waals surface area contributed by atoms with Crippen molar-refractivity contribution in [3.63, 3.8) is 0 Å². The molecule has 0 saturated heterocycles. The topological polar surface area (TPSA) is 51.5 Å². The highest BCUT2D eigenvalue weighted by atomic mass is 79.9. The van der Waals surface area contributed by atoms with E-state index < -0.39 is 6.04 Å². The van der Waals surface area contributed by atoms with Crippen LogP contribution in [0.1, 0.15) is 25.8 Å². The van der Waals surface area contributed by atoms with Gasteiger partial charge < -0.3 is 0 Å². The molecule has 0 radical (unpaired) electrons. The van der Waals surface area contributed by atoms with Crippen molar-refractivity contribution in [2.24, 2.45) is 0 Å². The van der Waals surface area contributed by atoms with E-state index in [0.717, 1.165) is 31.7 Å². The normalized spacial score (nSPS) is 20.0. The summed E-state index contributed by atoms with van der Waals surface area (Å²) in [6.07, 6.45) is 0.241. The van der Waals surface area contributed by atoms with E-state index in [4.69, 9.17) is 4.98 Å². The molecule has 5 heteroatoms. The first-order valence-corrected chi connectivity index (χ1v) is 8.74. The molecule has 1 aliphatic rings. The molecule has 0 aliphatic heterocycles. The number of pyridine rings is 1. The number of aryl methyl sites for hydroxylation is 1. The number of allylic oxidation sites excluding steroid dienone is 1. The number of carbonyl (C=O) groups is 2. The Morgan fingerprint density at radius 2 is 1.83 bits per heavy atom. The number of Topliss-reactive ketones (excluding diaryl/α,β-unsaturated/α-hetero) is 2. The highest BCUT2D eigenvalue weighted by Gasteiger charge is 2.37. The number of ketones is 2. The first kappa shape index (κ1) is 17.0. The van der Waals surface area contributed by atoms with Crippen LogP contribution in [0.4, 0.5) is 5.82 Å². The zero-order valence-corrected chi connectivity index (χ0v) is 15.8.